The standard InChI is InChI=1S/C19H13ClF3N3O2/c1-18(10-25,11-28-16-8-12(9-24)2-7-15(16)20)26-17(27)13-3-5-14(6-4-13)19(21,22)23/h2-8H,11H2,1H3,(H,26,27). The first-order valence-electron chi connectivity index (χ1n) is 7.81. The van der Waals surface area contributed by atoms with Crippen molar-refractivity contribution in [2.75, 3.05) is 6.61 Å². The number of nitrogens with zero attached hydrogens (tertiary/aromatic N) is 2. The number of nitrogens with one attached hydrogen (secondary N) is 1. The van der Waals surface area contributed by atoms with Crippen LogP contribution in [0.4, 0.5) is 13.2 Å². The molecule has 0 aromatic heterocycles. The van der Waals surface area contributed by atoms with Crippen molar-refractivity contribution in [3.05, 3.63) is 64.2 Å². The topological polar surface area (TPSA) is 85.9 Å². The molecule has 0 heterocycles. The molecule has 5 nitrogen and oxygen atoms in total. The molecule has 2 rings (SSSR count). The van der Waals surface area contributed by atoms with Crippen LogP contribution in [0.25, 0.3) is 0 Å². The van der Waals surface area contributed by atoms with E-state index in [9.17, 15) is 23.2 Å². The van der Waals surface area contributed by atoms with Crippen LogP contribution in [-0.2, 0) is 6.18 Å². The van der Waals surface area contributed by atoms with E-state index in [2.05, 4.69) is 5.32 Å². The summed E-state index contributed by atoms with van der Waals surface area (Å²) in [6.07, 6.45) is -4.51. The molecule has 2 aromatic rings. The summed E-state index contributed by atoms with van der Waals surface area (Å²) in [5.74, 6) is -0.579. The van der Waals surface area contributed by atoms with Gasteiger partial charge in [0.1, 0.15) is 12.4 Å². The number of carbonyl (C=O) groups is 1. The molecule has 0 spiro atoms. The van der Waals surface area contributed by atoms with Crippen molar-refractivity contribution in [1.82, 2.24) is 5.32 Å². The fourth-order valence-electron chi connectivity index (χ4n) is 2.14. The highest BCUT2D eigenvalue weighted by Crippen LogP contribution is 2.29. The van der Waals surface area contributed by atoms with Gasteiger partial charge in [-0.25, -0.2) is 0 Å². The minimum absolute atomic E-state index is 0.0426. The van der Waals surface area contributed by atoms with Gasteiger partial charge in [-0.3, -0.25) is 4.79 Å². The Morgan fingerprint density at radius 1 is 1.18 bits per heavy atom. The van der Waals surface area contributed by atoms with Gasteiger partial charge in [0.15, 0.2) is 5.54 Å². The number of alkyl halides is 3. The Morgan fingerprint density at radius 3 is 2.36 bits per heavy atom. The molecule has 1 atom stereocenters. The molecule has 1 amide bonds. The maximum Gasteiger partial charge on any atom is 0.416 e. The van der Waals surface area contributed by atoms with Crippen LogP contribution in [-0.4, -0.2) is 18.1 Å². The summed E-state index contributed by atoms with van der Waals surface area (Å²) in [5, 5.41) is 21.0. The lowest BCUT2D eigenvalue weighted by atomic mass is 10.0. The maximum absolute atomic E-state index is 12.6. The second kappa shape index (κ2) is 8.20. The number of carbonyl (C=O) groups excluding carboxylic acids is 1. The van der Waals surface area contributed by atoms with Crippen molar-refractivity contribution in [3.8, 4) is 17.9 Å². The van der Waals surface area contributed by atoms with Crippen molar-refractivity contribution in [3.63, 3.8) is 0 Å². The molecule has 2 aromatic carbocycles. The van der Waals surface area contributed by atoms with Crippen LogP contribution in [0.3, 0.4) is 0 Å². The predicted octanol–water partition coefficient (Wildman–Crippen LogP) is 4.32. The lowest BCUT2D eigenvalue weighted by Crippen LogP contribution is -2.49. The Hall–Kier alpha value is -3.23. The van der Waals surface area contributed by atoms with E-state index in [1.807, 2.05) is 12.1 Å². The third kappa shape index (κ3) is 5.15. The van der Waals surface area contributed by atoms with Gasteiger partial charge in [-0.1, -0.05) is 11.6 Å². The molecule has 28 heavy (non-hydrogen) atoms. The molecule has 0 saturated heterocycles. The Balaban J connectivity index is 2.11. The first kappa shape index (κ1) is 21.1. The molecule has 0 fully saturated rings. The summed E-state index contributed by atoms with van der Waals surface area (Å²) in [6.45, 7) is 1.08. The van der Waals surface area contributed by atoms with Crippen molar-refractivity contribution in [2.24, 2.45) is 0 Å². The quantitative estimate of drug-likeness (QED) is 0.799. The second-order valence-corrected chi connectivity index (χ2v) is 6.43. The largest absolute Gasteiger partial charge is 0.488 e. The molecule has 0 radical (unpaired) electrons. The summed E-state index contributed by atoms with van der Waals surface area (Å²) in [4.78, 5) is 12.3. The van der Waals surface area contributed by atoms with Gasteiger partial charge in [-0.05, 0) is 49.4 Å². The third-order valence-corrected chi connectivity index (χ3v) is 4.00. The van der Waals surface area contributed by atoms with Crippen molar-refractivity contribution in [2.45, 2.75) is 18.6 Å². The number of nitriles is 2. The van der Waals surface area contributed by atoms with Crippen LogP contribution in [0.2, 0.25) is 5.02 Å². The van der Waals surface area contributed by atoms with Gasteiger partial charge in [-0.15, -0.1) is 0 Å². The highest BCUT2D eigenvalue weighted by atomic mass is 35.5. The number of amides is 1. The Bertz CT molecular complexity index is 962. The molecule has 9 heteroatoms. The Kier molecular flexibility index (Phi) is 6.17. The average Bonchev–Trinajstić information content (AvgIpc) is 2.66. The molecule has 1 N–H and O–H groups in total. The van der Waals surface area contributed by atoms with E-state index >= 15 is 0 Å². The molecule has 0 aliphatic heterocycles. The fourth-order valence-corrected chi connectivity index (χ4v) is 2.31. The molecule has 0 saturated carbocycles. The van der Waals surface area contributed by atoms with Crippen LogP contribution >= 0.6 is 11.6 Å². The zero-order valence-corrected chi connectivity index (χ0v) is 15.2. The van der Waals surface area contributed by atoms with E-state index in [1.165, 1.54) is 25.1 Å². The van der Waals surface area contributed by atoms with Gasteiger partial charge >= 0.3 is 6.18 Å². The lowest BCUT2D eigenvalue weighted by molar-refractivity contribution is -0.137. The molecule has 0 aliphatic carbocycles. The number of ether oxygens (including phenoxy) is 1. The second-order valence-electron chi connectivity index (χ2n) is 6.02. The summed E-state index contributed by atoms with van der Waals surface area (Å²) < 4.78 is 43.3. The smallest absolute Gasteiger partial charge is 0.416 e. The van der Waals surface area contributed by atoms with Gasteiger partial charge in [0, 0.05) is 5.56 Å². The number of hydrogen-bond donors (Lipinski definition) is 1. The zero-order valence-electron chi connectivity index (χ0n) is 14.5. The Labute approximate surface area is 163 Å². The van der Waals surface area contributed by atoms with Crippen LogP contribution in [0.5, 0.6) is 5.75 Å². The van der Waals surface area contributed by atoms with Gasteiger partial charge in [0.25, 0.3) is 5.91 Å². The summed E-state index contributed by atoms with van der Waals surface area (Å²) in [5.41, 5.74) is -2.13. The van der Waals surface area contributed by atoms with E-state index in [0.717, 1.165) is 24.3 Å². The highest BCUT2D eigenvalue weighted by molar-refractivity contribution is 6.32. The van der Waals surface area contributed by atoms with E-state index in [4.69, 9.17) is 21.6 Å². The van der Waals surface area contributed by atoms with Gasteiger partial charge < -0.3 is 10.1 Å². The highest BCUT2D eigenvalue weighted by Gasteiger charge is 2.31. The molecule has 0 aliphatic rings. The zero-order chi connectivity index (χ0) is 20.9. The number of halogens is 4. The normalized spacial score (nSPS) is 13.0. The molecule has 1 unspecified atom stereocenters. The van der Waals surface area contributed by atoms with Crippen LogP contribution < -0.4 is 10.1 Å². The minimum atomic E-state index is -4.51. The molecular weight excluding hydrogens is 395 g/mol. The Morgan fingerprint density at radius 2 is 1.82 bits per heavy atom. The predicted molar refractivity (Wildman–Crippen MR) is 94.6 cm³/mol. The third-order valence-electron chi connectivity index (χ3n) is 3.69. The number of hydrogen-bond acceptors (Lipinski definition) is 4. The molecule has 0 bridgehead atoms. The van der Waals surface area contributed by atoms with Crippen LogP contribution in [0.15, 0.2) is 42.5 Å². The van der Waals surface area contributed by atoms with Gasteiger partial charge in [0.2, 0.25) is 0 Å². The van der Waals surface area contributed by atoms with E-state index in [0.29, 0.717) is 5.56 Å². The van der Waals surface area contributed by atoms with Crippen molar-refractivity contribution in [1.29, 1.82) is 10.5 Å². The minimum Gasteiger partial charge on any atom is -0.488 e. The first-order valence-corrected chi connectivity index (χ1v) is 8.19. The van der Waals surface area contributed by atoms with Gasteiger partial charge in [-0.2, -0.15) is 23.7 Å². The van der Waals surface area contributed by atoms with E-state index in [1.54, 1.807) is 0 Å². The fraction of sp³-hybridized carbons (Fsp3) is 0.211. The molecular formula is C19H13ClF3N3O2. The monoisotopic (exact) mass is 407 g/mol. The number of benzene rings is 2. The lowest BCUT2D eigenvalue weighted by Gasteiger charge is -2.24. The summed E-state index contributed by atoms with van der Waals surface area (Å²) in [7, 11) is 0. The van der Waals surface area contributed by atoms with Crippen molar-refractivity contribution >= 4 is 17.5 Å². The van der Waals surface area contributed by atoms with E-state index < -0.39 is 23.2 Å². The summed E-state index contributed by atoms with van der Waals surface area (Å²) in [6, 6.07) is 11.7. The SMILES string of the molecule is CC(C#N)(COc1cc(C#N)ccc1Cl)NC(=O)c1ccc(C(F)(F)F)cc1. The average molecular weight is 408 g/mol. The number of rotatable bonds is 5. The first-order chi connectivity index (χ1) is 13.1. The van der Waals surface area contributed by atoms with Crippen LogP contribution in [0.1, 0.15) is 28.4 Å². The summed E-state index contributed by atoms with van der Waals surface area (Å²) >= 11 is 5.98. The molecule has 144 valence electrons. The van der Waals surface area contributed by atoms with Crippen LogP contribution in [0, 0.1) is 22.7 Å². The van der Waals surface area contributed by atoms with Gasteiger partial charge in [0.05, 0.1) is 28.3 Å². The van der Waals surface area contributed by atoms with Crippen molar-refractivity contribution < 1.29 is 22.7 Å². The maximum atomic E-state index is 12.6. The van der Waals surface area contributed by atoms with E-state index in [-0.39, 0.29) is 22.9 Å².